The molecule has 29 heavy (non-hydrogen) atoms. The minimum absolute atomic E-state index is 0.00572. The Morgan fingerprint density at radius 3 is 2.48 bits per heavy atom. The molecule has 3 rings (SSSR count). The van der Waals surface area contributed by atoms with Gasteiger partial charge in [-0.2, -0.15) is 0 Å². The molecule has 0 radical (unpaired) electrons. The van der Waals surface area contributed by atoms with Crippen molar-refractivity contribution in [3.63, 3.8) is 0 Å². The van der Waals surface area contributed by atoms with Gasteiger partial charge in [-0.25, -0.2) is 4.98 Å². The summed E-state index contributed by atoms with van der Waals surface area (Å²) in [6.45, 7) is 2.04. The fraction of sp³-hybridized carbons (Fsp3) is 0.143. The van der Waals surface area contributed by atoms with Gasteiger partial charge in [0.15, 0.2) is 10.9 Å². The molecule has 0 spiro atoms. The highest BCUT2D eigenvalue weighted by Gasteiger charge is 2.11. The molecule has 0 aliphatic heterocycles. The van der Waals surface area contributed by atoms with Crippen LogP contribution in [0.3, 0.4) is 0 Å². The number of aromatic nitrogens is 1. The van der Waals surface area contributed by atoms with E-state index in [0.29, 0.717) is 28.5 Å². The predicted octanol–water partition coefficient (Wildman–Crippen LogP) is 3.84. The number of aliphatic carboxylic acids is 1. The van der Waals surface area contributed by atoms with Crippen LogP contribution in [0.25, 0.3) is 0 Å². The standard InChI is InChI=1S/C21H19N3O4S/c1-13(25)17-4-2-3-5-18(17)22-11-14-6-8-15(9-7-14)20(28)24-21-23-16(12-29-21)10-19(26)27/h2-9,12,22H,10-11H2,1H3,(H,26,27)(H,23,24,28). The third-order valence-corrected chi connectivity index (χ3v) is 4.92. The third kappa shape index (κ3) is 5.49. The fourth-order valence-corrected chi connectivity index (χ4v) is 3.39. The molecular weight excluding hydrogens is 390 g/mol. The number of nitrogens with one attached hydrogen (secondary N) is 2. The van der Waals surface area contributed by atoms with E-state index in [1.807, 2.05) is 30.3 Å². The Morgan fingerprint density at radius 1 is 1.07 bits per heavy atom. The van der Waals surface area contributed by atoms with Gasteiger partial charge in [0.1, 0.15) is 0 Å². The van der Waals surface area contributed by atoms with E-state index in [9.17, 15) is 14.4 Å². The number of rotatable bonds is 8. The van der Waals surface area contributed by atoms with Crippen LogP contribution in [0.4, 0.5) is 10.8 Å². The van der Waals surface area contributed by atoms with Crippen molar-refractivity contribution in [1.29, 1.82) is 0 Å². The second-order valence-corrected chi connectivity index (χ2v) is 7.18. The third-order valence-electron chi connectivity index (χ3n) is 4.11. The van der Waals surface area contributed by atoms with Crippen LogP contribution in [0.2, 0.25) is 0 Å². The van der Waals surface area contributed by atoms with Crippen molar-refractivity contribution >= 4 is 39.8 Å². The highest BCUT2D eigenvalue weighted by Crippen LogP contribution is 2.19. The lowest BCUT2D eigenvalue weighted by Gasteiger charge is -2.10. The molecule has 0 unspecified atom stereocenters. The number of carboxylic acid groups (broad SMARTS) is 1. The summed E-state index contributed by atoms with van der Waals surface area (Å²) >= 11 is 1.18. The Morgan fingerprint density at radius 2 is 1.79 bits per heavy atom. The molecule has 0 fully saturated rings. The van der Waals surface area contributed by atoms with Gasteiger partial charge in [0.2, 0.25) is 0 Å². The van der Waals surface area contributed by atoms with Crippen molar-refractivity contribution in [2.45, 2.75) is 19.9 Å². The first-order chi connectivity index (χ1) is 13.9. The molecule has 7 nitrogen and oxygen atoms in total. The monoisotopic (exact) mass is 409 g/mol. The number of hydrogen-bond donors (Lipinski definition) is 3. The number of amides is 1. The Hall–Kier alpha value is -3.52. The smallest absolute Gasteiger partial charge is 0.309 e. The second kappa shape index (κ2) is 9.11. The molecule has 0 saturated heterocycles. The molecule has 0 atom stereocenters. The lowest BCUT2D eigenvalue weighted by molar-refractivity contribution is -0.136. The molecule has 0 aliphatic rings. The molecule has 3 aromatic rings. The van der Waals surface area contributed by atoms with Crippen LogP contribution >= 0.6 is 11.3 Å². The summed E-state index contributed by atoms with van der Waals surface area (Å²) in [5, 5.41) is 16.7. The van der Waals surface area contributed by atoms with Gasteiger partial charge in [0.05, 0.1) is 12.1 Å². The lowest BCUT2D eigenvalue weighted by Crippen LogP contribution is -2.12. The number of hydrogen-bond acceptors (Lipinski definition) is 6. The highest BCUT2D eigenvalue weighted by atomic mass is 32.1. The van der Waals surface area contributed by atoms with E-state index in [-0.39, 0.29) is 18.1 Å². The number of anilines is 2. The summed E-state index contributed by atoms with van der Waals surface area (Å²) in [5.41, 5.74) is 3.23. The highest BCUT2D eigenvalue weighted by molar-refractivity contribution is 7.14. The average molecular weight is 409 g/mol. The van der Waals surface area contributed by atoms with Crippen LogP contribution in [-0.2, 0) is 17.8 Å². The Kier molecular flexibility index (Phi) is 6.36. The summed E-state index contributed by atoms with van der Waals surface area (Å²) < 4.78 is 0. The maximum Gasteiger partial charge on any atom is 0.309 e. The van der Waals surface area contributed by atoms with E-state index in [1.54, 1.807) is 23.6 Å². The molecule has 0 aliphatic carbocycles. The first kappa shape index (κ1) is 20.2. The largest absolute Gasteiger partial charge is 0.481 e. The molecule has 3 N–H and O–H groups in total. The zero-order valence-corrected chi connectivity index (χ0v) is 16.5. The molecular formula is C21H19N3O4S. The van der Waals surface area contributed by atoms with Crippen LogP contribution in [0.5, 0.6) is 0 Å². The number of carbonyl (C=O) groups excluding carboxylic acids is 2. The SMILES string of the molecule is CC(=O)c1ccccc1NCc1ccc(C(=O)Nc2nc(CC(=O)O)cs2)cc1. The topological polar surface area (TPSA) is 108 Å². The number of para-hydroxylation sites is 1. The van der Waals surface area contributed by atoms with E-state index < -0.39 is 5.97 Å². The van der Waals surface area contributed by atoms with E-state index in [0.717, 1.165) is 11.3 Å². The van der Waals surface area contributed by atoms with Crippen LogP contribution in [0.1, 0.15) is 38.9 Å². The van der Waals surface area contributed by atoms with Gasteiger partial charge in [-0.05, 0) is 36.8 Å². The molecule has 148 valence electrons. The number of nitrogens with zero attached hydrogens (tertiary/aromatic N) is 1. The molecule has 1 heterocycles. The number of Topliss-reactive ketones (excluding diaryl/α,β-unsaturated/α-hetero) is 1. The molecule has 0 saturated carbocycles. The quantitative estimate of drug-likeness (QED) is 0.488. The van der Waals surface area contributed by atoms with Gasteiger partial charge in [-0.1, -0.05) is 24.3 Å². The summed E-state index contributed by atoms with van der Waals surface area (Å²) in [6.07, 6.45) is -0.180. The maximum atomic E-state index is 12.3. The molecule has 8 heteroatoms. The van der Waals surface area contributed by atoms with Crippen molar-refractivity contribution in [2.75, 3.05) is 10.6 Å². The van der Waals surface area contributed by atoms with Crippen LogP contribution in [0, 0.1) is 0 Å². The number of benzene rings is 2. The number of carboxylic acids is 1. The number of thiazole rings is 1. The molecule has 0 bridgehead atoms. The van der Waals surface area contributed by atoms with Gasteiger partial charge >= 0.3 is 5.97 Å². The first-order valence-electron chi connectivity index (χ1n) is 8.82. The Balaban J connectivity index is 1.60. The van der Waals surface area contributed by atoms with Gasteiger partial charge < -0.3 is 10.4 Å². The minimum atomic E-state index is -0.969. The van der Waals surface area contributed by atoms with Crippen LogP contribution < -0.4 is 10.6 Å². The number of carbonyl (C=O) groups is 3. The van der Waals surface area contributed by atoms with Crippen molar-refractivity contribution < 1.29 is 19.5 Å². The predicted molar refractivity (Wildman–Crippen MR) is 112 cm³/mol. The second-order valence-electron chi connectivity index (χ2n) is 6.32. The van der Waals surface area contributed by atoms with Crippen LogP contribution in [0.15, 0.2) is 53.9 Å². The van der Waals surface area contributed by atoms with E-state index >= 15 is 0 Å². The van der Waals surface area contributed by atoms with Crippen molar-refractivity contribution in [3.05, 3.63) is 76.3 Å². The van der Waals surface area contributed by atoms with Gasteiger partial charge in [0, 0.05) is 28.7 Å². The summed E-state index contributed by atoms with van der Waals surface area (Å²) in [5.74, 6) is -1.29. The first-order valence-corrected chi connectivity index (χ1v) is 9.70. The molecule has 1 amide bonds. The van der Waals surface area contributed by atoms with Gasteiger partial charge in [-0.3, -0.25) is 19.7 Å². The van der Waals surface area contributed by atoms with Crippen molar-refractivity contribution in [3.8, 4) is 0 Å². The average Bonchev–Trinajstić information content (AvgIpc) is 3.12. The zero-order valence-electron chi connectivity index (χ0n) is 15.6. The van der Waals surface area contributed by atoms with Gasteiger partial charge in [0.25, 0.3) is 5.91 Å². The van der Waals surface area contributed by atoms with E-state index in [1.165, 1.54) is 18.3 Å². The van der Waals surface area contributed by atoms with Crippen LogP contribution in [-0.4, -0.2) is 27.8 Å². The Bertz CT molecular complexity index is 1040. The Labute approximate surface area is 171 Å². The summed E-state index contributed by atoms with van der Waals surface area (Å²) in [4.78, 5) is 38.8. The van der Waals surface area contributed by atoms with E-state index in [4.69, 9.17) is 5.11 Å². The van der Waals surface area contributed by atoms with Crippen molar-refractivity contribution in [2.24, 2.45) is 0 Å². The van der Waals surface area contributed by atoms with E-state index in [2.05, 4.69) is 15.6 Å². The minimum Gasteiger partial charge on any atom is -0.481 e. The molecule has 2 aromatic carbocycles. The summed E-state index contributed by atoms with van der Waals surface area (Å²) in [7, 11) is 0. The normalized spacial score (nSPS) is 10.4. The van der Waals surface area contributed by atoms with Crippen molar-refractivity contribution in [1.82, 2.24) is 4.98 Å². The number of ketones is 1. The summed E-state index contributed by atoms with van der Waals surface area (Å²) in [6, 6.07) is 14.4. The van der Waals surface area contributed by atoms with Gasteiger partial charge in [-0.15, -0.1) is 11.3 Å². The maximum absolute atomic E-state index is 12.3. The fourth-order valence-electron chi connectivity index (χ4n) is 2.69. The molecule has 1 aromatic heterocycles. The lowest BCUT2D eigenvalue weighted by atomic mass is 10.1. The zero-order chi connectivity index (χ0) is 20.8.